The molecule has 2 aromatic rings. The monoisotopic (exact) mass is 370 g/mol. The van der Waals surface area contributed by atoms with E-state index in [1.54, 1.807) is 25.3 Å². The first-order valence-corrected chi connectivity index (χ1v) is 9.04. The van der Waals surface area contributed by atoms with Crippen molar-refractivity contribution in [1.82, 2.24) is 0 Å². The summed E-state index contributed by atoms with van der Waals surface area (Å²) in [4.78, 5) is 23.7. The number of ether oxygens (including phenoxy) is 1. The average molecular weight is 370 g/mol. The number of hydrogen-bond donors (Lipinski definition) is 3. The maximum Gasteiger partial charge on any atom is 0.279 e. The summed E-state index contributed by atoms with van der Waals surface area (Å²) in [6.45, 7) is 6.01. The van der Waals surface area contributed by atoms with Gasteiger partial charge in [-0.3, -0.25) is 9.59 Å². The van der Waals surface area contributed by atoms with E-state index in [0.29, 0.717) is 23.0 Å². The van der Waals surface area contributed by atoms with Crippen molar-refractivity contribution in [3.05, 3.63) is 54.1 Å². The molecular weight excluding hydrogens is 342 g/mol. The Morgan fingerprint density at radius 2 is 1.78 bits per heavy atom. The van der Waals surface area contributed by atoms with Gasteiger partial charge in [-0.25, -0.2) is 0 Å². The van der Waals surface area contributed by atoms with Crippen molar-refractivity contribution in [3.63, 3.8) is 0 Å². The largest absolute Gasteiger partial charge is 0.495 e. The Morgan fingerprint density at radius 1 is 1.07 bits per heavy atom. The second-order valence-corrected chi connectivity index (χ2v) is 6.76. The fraction of sp³-hybridized carbons (Fsp3) is 0.333. The summed E-state index contributed by atoms with van der Waals surface area (Å²) in [6, 6.07) is 15.5. The maximum absolute atomic E-state index is 12.5. The number of rotatable bonds is 8. The number of hydrogen-bond acceptors (Lipinski definition) is 3. The van der Waals surface area contributed by atoms with Crippen LogP contribution in [0.5, 0.6) is 5.75 Å². The van der Waals surface area contributed by atoms with Crippen LogP contribution >= 0.6 is 0 Å². The zero-order valence-corrected chi connectivity index (χ0v) is 16.3. The van der Waals surface area contributed by atoms with Crippen molar-refractivity contribution in [2.24, 2.45) is 5.92 Å². The van der Waals surface area contributed by atoms with Gasteiger partial charge in [-0.1, -0.05) is 44.2 Å². The highest BCUT2D eigenvalue weighted by Gasteiger charge is 2.20. The Morgan fingerprint density at radius 3 is 2.37 bits per heavy atom. The molecule has 2 amide bonds. The highest BCUT2D eigenvalue weighted by atomic mass is 16.5. The van der Waals surface area contributed by atoms with E-state index in [9.17, 15) is 9.59 Å². The maximum atomic E-state index is 12.5. The van der Waals surface area contributed by atoms with Gasteiger partial charge in [0.1, 0.15) is 11.8 Å². The van der Waals surface area contributed by atoms with Gasteiger partial charge in [0.05, 0.1) is 12.8 Å². The van der Waals surface area contributed by atoms with E-state index >= 15 is 0 Å². The van der Waals surface area contributed by atoms with Gasteiger partial charge in [0, 0.05) is 24.1 Å². The first-order chi connectivity index (χ1) is 12.9. The quantitative estimate of drug-likeness (QED) is 0.668. The highest BCUT2D eigenvalue weighted by Crippen LogP contribution is 2.27. The molecule has 4 N–H and O–H groups in total. The van der Waals surface area contributed by atoms with Crippen molar-refractivity contribution in [3.8, 4) is 5.75 Å². The summed E-state index contributed by atoms with van der Waals surface area (Å²) in [5.41, 5.74) is 2.33. The summed E-state index contributed by atoms with van der Waals surface area (Å²) >= 11 is 0. The summed E-state index contributed by atoms with van der Waals surface area (Å²) < 4.78 is 5.30. The van der Waals surface area contributed by atoms with Gasteiger partial charge in [-0.15, -0.1) is 0 Å². The predicted octanol–water partition coefficient (Wildman–Crippen LogP) is 2.55. The standard InChI is InChI=1S/C21H27N3O3/c1-14(2)21(16-8-6-5-7-9-16)22-13-20(26)24-18-12-17(23-15(3)25)10-11-19(18)27-4/h5-12,14,21-22H,13H2,1-4H3,(H,23,25)(H,24,26)/p+1/t21-/m1/s1. The molecule has 0 aliphatic rings. The highest BCUT2D eigenvalue weighted by molar-refractivity contribution is 5.95. The number of benzene rings is 2. The van der Waals surface area contributed by atoms with Crippen LogP contribution in [0.15, 0.2) is 48.5 Å². The van der Waals surface area contributed by atoms with E-state index in [2.05, 4.69) is 36.6 Å². The Kier molecular flexibility index (Phi) is 7.37. The van der Waals surface area contributed by atoms with Gasteiger partial charge in [-0.05, 0) is 18.2 Å². The van der Waals surface area contributed by atoms with E-state index in [4.69, 9.17) is 4.74 Å². The lowest BCUT2D eigenvalue weighted by Gasteiger charge is -2.19. The van der Waals surface area contributed by atoms with Gasteiger partial charge in [-0.2, -0.15) is 0 Å². The molecule has 0 heterocycles. The number of nitrogens with two attached hydrogens (primary N) is 1. The number of carbonyl (C=O) groups excluding carboxylic acids is 2. The number of amides is 2. The number of nitrogens with one attached hydrogen (secondary N) is 2. The van der Waals surface area contributed by atoms with E-state index in [1.165, 1.54) is 12.5 Å². The van der Waals surface area contributed by atoms with Crippen molar-refractivity contribution in [1.29, 1.82) is 0 Å². The van der Waals surface area contributed by atoms with Crippen LogP contribution in [0.1, 0.15) is 32.4 Å². The first-order valence-electron chi connectivity index (χ1n) is 9.04. The average Bonchev–Trinajstić information content (AvgIpc) is 2.62. The van der Waals surface area contributed by atoms with Crippen molar-refractivity contribution >= 4 is 23.2 Å². The summed E-state index contributed by atoms with van der Waals surface area (Å²) in [6.07, 6.45) is 0. The number of quaternary nitrogens is 1. The van der Waals surface area contributed by atoms with Crippen LogP contribution in [0.25, 0.3) is 0 Å². The Balaban J connectivity index is 2.05. The lowest BCUT2D eigenvalue weighted by molar-refractivity contribution is -0.692. The minimum Gasteiger partial charge on any atom is -0.495 e. The Hall–Kier alpha value is -2.86. The molecule has 0 fully saturated rings. The molecule has 2 aromatic carbocycles. The number of methoxy groups -OCH3 is 1. The molecule has 0 aromatic heterocycles. The van der Waals surface area contributed by atoms with Crippen molar-refractivity contribution in [2.45, 2.75) is 26.8 Å². The normalized spacial score (nSPS) is 11.7. The van der Waals surface area contributed by atoms with Gasteiger partial charge < -0.3 is 20.7 Å². The zero-order valence-electron chi connectivity index (χ0n) is 16.3. The van der Waals surface area contributed by atoms with Crippen molar-refractivity contribution in [2.75, 3.05) is 24.3 Å². The molecule has 1 atom stereocenters. The second-order valence-electron chi connectivity index (χ2n) is 6.76. The van der Waals surface area contributed by atoms with Crippen LogP contribution in [0, 0.1) is 5.92 Å². The third-order valence-corrected chi connectivity index (χ3v) is 4.25. The summed E-state index contributed by atoms with van der Waals surface area (Å²) in [5.74, 6) is 0.627. The molecule has 0 saturated heterocycles. The molecule has 27 heavy (non-hydrogen) atoms. The zero-order chi connectivity index (χ0) is 19.8. The molecule has 0 bridgehead atoms. The van der Waals surface area contributed by atoms with Gasteiger partial charge in [0.25, 0.3) is 5.91 Å². The summed E-state index contributed by atoms with van der Waals surface area (Å²) in [7, 11) is 1.54. The second kappa shape index (κ2) is 9.73. The van der Waals surface area contributed by atoms with Gasteiger partial charge in [0.2, 0.25) is 5.91 Å². The molecule has 0 spiro atoms. The SMILES string of the molecule is COc1ccc(NC(C)=O)cc1NC(=O)C[NH2+][C@@H](c1ccccc1)C(C)C. The van der Waals surface area contributed by atoms with Gasteiger partial charge in [0.15, 0.2) is 6.54 Å². The minimum absolute atomic E-state index is 0.130. The third-order valence-electron chi connectivity index (χ3n) is 4.25. The topological polar surface area (TPSA) is 84.0 Å². The van der Waals surface area contributed by atoms with E-state index in [1.807, 2.05) is 23.5 Å². The molecule has 0 unspecified atom stereocenters. The molecule has 144 valence electrons. The minimum atomic E-state index is -0.173. The van der Waals surface area contributed by atoms with Crippen LogP contribution < -0.4 is 20.7 Å². The number of carbonyl (C=O) groups is 2. The van der Waals surface area contributed by atoms with Crippen LogP contribution in [0.4, 0.5) is 11.4 Å². The van der Waals surface area contributed by atoms with E-state index in [-0.39, 0.29) is 24.4 Å². The lowest BCUT2D eigenvalue weighted by Crippen LogP contribution is -2.88. The summed E-state index contributed by atoms with van der Waals surface area (Å²) in [5, 5.41) is 7.62. The molecule has 2 rings (SSSR count). The van der Waals surface area contributed by atoms with Gasteiger partial charge >= 0.3 is 0 Å². The molecule has 6 heteroatoms. The molecule has 0 aliphatic heterocycles. The van der Waals surface area contributed by atoms with Crippen LogP contribution in [-0.4, -0.2) is 25.5 Å². The van der Waals surface area contributed by atoms with E-state index < -0.39 is 0 Å². The first kappa shape index (κ1) is 20.5. The fourth-order valence-electron chi connectivity index (χ4n) is 2.99. The molecule has 0 aliphatic carbocycles. The lowest BCUT2D eigenvalue weighted by atomic mass is 9.96. The Labute approximate surface area is 160 Å². The van der Waals surface area contributed by atoms with Crippen LogP contribution in [0.3, 0.4) is 0 Å². The predicted molar refractivity (Wildman–Crippen MR) is 107 cm³/mol. The van der Waals surface area contributed by atoms with Crippen LogP contribution in [-0.2, 0) is 9.59 Å². The smallest absolute Gasteiger partial charge is 0.279 e. The third kappa shape index (κ3) is 6.11. The van der Waals surface area contributed by atoms with E-state index in [0.717, 1.165) is 0 Å². The number of anilines is 2. The molecular formula is C21H28N3O3+. The van der Waals surface area contributed by atoms with Crippen molar-refractivity contribution < 1.29 is 19.6 Å². The molecule has 0 radical (unpaired) electrons. The molecule has 6 nitrogen and oxygen atoms in total. The fourth-order valence-corrected chi connectivity index (χ4v) is 2.99. The Bertz CT molecular complexity index is 775. The molecule has 0 saturated carbocycles. The van der Waals surface area contributed by atoms with Crippen LogP contribution in [0.2, 0.25) is 0 Å².